The molecule has 10 aromatic rings. The van der Waals surface area contributed by atoms with E-state index in [2.05, 4.69) is 154 Å². The Hall–Kier alpha value is -5.20. The lowest BCUT2D eigenvalue weighted by atomic mass is 9.87. The van der Waals surface area contributed by atoms with Crippen molar-refractivity contribution in [2.45, 2.75) is 92.9 Å². The van der Waals surface area contributed by atoms with Gasteiger partial charge in [-0.2, -0.15) is 0 Å². The summed E-state index contributed by atoms with van der Waals surface area (Å²) in [5, 5.41) is 22.8. The molecule has 54 heavy (non-hydrogen) atoms. The molecule has 0 amide bonds. The molecule has 0 spiro atoms. The smallest absolute Gasteiger partial charge is 0.00108 e. The van der Waals surface area contributed by atoms with Crippen LogP contribution in [0.5, 0.6) is 0 Å². The van der Waals surface area contributed by atoms with Gasteiger partial charge in [-0.1, -0.05) is 104 Å². The van der Waals surface area contributed by atoms with E-state index in [1.54, 1.807) is 0 Å². The first kappa shape index (κ1) is 32.2. The summed E-state index contributed by atoms with van der Waals surface area (Å²) in [6, 6.07) is 34.0. The predicted molar refractivity (Wildman–Crippen MR) is 239 cm³/mol. The molecule has 0 aliphatic heterocycles. The summed E-state index contributed by atoms with van der Waals surface area (Å²) < 4.78 is 0. The molecule has 0 atom stereocenters. The fourth-order valence-corrected chi connectivity index (χ4v) is 11.0. The summed E-state index contributed by atoms with van der Waals surface area (Å²) in [5.74, 6) is 1.71. The molecular formula is C54H48. The quantitative estimate of drug-likeness (QED) is 0.172. The van der Waals surface area contributed by atoms with Gasteiger partial charge in [-0.25, -0.2) is 0 Å². The zero-order chi connectivity index (χ0) is 37.2. The largest absolute Gasteiger partial charge is 0.0616 e. The maximum atomic E-state index is 2.61. The average Bonchev–Trinajstić information content (AvgIpc) is 3.78. The molecule has 0 bridgehead atoms. The van der Waals surface area contributed by atoms with Crippen molar-refractivity contribution in [1.82, 2.24) is 0 Å². The Balaban J connectivity index is 1.35. The van der Waals surface area contributed by atoms with E-state index in [0.717, 1.165) is 0 Å². The van der Waals surface area contributed by atoms with Gasteiger partial charge in [0.05, 0.1) is 0 Å². The van der Waals surface area contributed by atoms with Crippen LogP contribution >= 0.6 is 0 Å². The Labute approximate surface area is 318 Å². The highest BCUT2D eigenvalue weighted by atomic mass is 14.3. The lowest BCUT2D eigenvalue weighted by molar-refractivity contribution is 0.869. The minimum absolute atomic E-state index is 0.395. The second-order valence-corrected chi connectivity index (χ2v) is 18.0. The Morgan fingerprint density at radius 1 is 0.333 bits per heavy atom. The number of rotatable bonds is 4. The molecule has 1 aliphatic rings. The van der Waals surface area contributed by atoms with Crippen LogP contribution in [0.15, 0.2) is 84.9 Å². The topological polar surface area (TPSA) is 0 Å². The third-order valence-electron chi connectivity index (χ3n) is 13.7. The molecule has 264 valence electrons. The highest BCUT2D eigenvalue weighted by molar-refractivity contribution is 6.40. The third kappa shape index (κ3) is 3.89. The van der Waals surface area contributed by atoms with Gasteiger partial charge in [0.25, 0.3) is 0 Å². The molecule has 0 saturated heterocycles. The van der Waals surface area contributed by atoms with Crippen molar-refractivity contribution >= 4 is 86.2 Å². The molecule has 0 heterocycles. The fraction of sp³-hybridized carbons (Fsp3) is 0.259. The molecule has 0 N–H and O–H groups in total. The normalized spacial score (nSPS) is 13.3. The summed E-state index contributed by atoms with van der Waals surface area (Å²) >= 11 is 0. The van der Waals surface area contributed by atoms with E-state index in [1.165, 1.54) is 142 Å². The van der Waals surface area contributed by atoms with E-state index in [-0.39, 0.29) is 0 Å². The molecule has 0 heteroatoms. The van der Waals surface area contributed by atoms with Gasteiger partial charge >= 0.3 is 0 Å². The van der Waals surface area contributed by atoms with Crippen LogP contribution in [0.25, 0.3) is 108 Å². The van der Waals surface area contributed by atoms with Gasteiger partial charge < -0.3 is 0 Å². The Bertz CT molecular complexity index is 3270. The van der Waals surface area contributed by atoms with E-state index in [9.17, 15) is 0 Å². The highest BCUT2D eigenvalue weighted by Crippen LogP contribution is 2.58. The minimum atomic E-state index is 0.395. The second kappa shape index (κ2) is 10.7. The Morgan fingerprint density at radius 3 is 1.63 bits per heavy atom. The van der Waals surface area contributed by atoms with E-state index in [0.29, 0.717) is 23.7 Å². The van der Waals surface area contributed by atoms with Gasteiger partial charge in [0, 0.05) is 0 Å². The van der Waals surface area contributed by atoms with Gasteiger partial charge in [0.2, 0.25) is 0 Å². The van der Waals surface area contributed by atoms with Crippen molar-refractivity contribution in [3.63, 3.8) is 0 Å². The summed E-state index contributed by atoms with van der Waals surface area (Å²) in [6.07, 6.45) is 0. The van der Waals surface area contributed by atoms with Crippen LogP contribution in [0.1, 0.15) is 112 Å². The maximum absolute atomic E-state index is 2.61. The molecule has 0 radical (unpaired) electrons. The van der Waals surface area contributed by atoms with Crippen LogP contribution in [0.3, 0.4) is 0 Å². The van der Waals surface area contributed by atoms with Gasteiger partial charge in [-0.3, -0.25) is 0 Å². The zero-order valence-corrected chi connectivity index (χ0v) is 33.4. The minimum Gasteiger partial charge on any atom is -0.0616 e. The number of hydrogen-bond donors (Lipinski definition) is 0. The predicted octanol–water partition coefficient (Wildman–Crippen LogP) is 16.5. The lowest BCUT2D eigenvalue weighted by Gasteiger charge is -2.16. The van der Waals surface area contributed by atoms with Crippen LogP contribution in [0, 0.1) is 13.8 Å². The standard InChI is InChI=1S/C54H48/c1-25(2)34-17-33-15-16-35(26(3)4)52-48-30(10)38-23-41-43(24-39(38)29(9)47(48)46(20-34)49(33)52)51-37(28(7)8)21-44-40-18-31-13-11-12-14-32(31)19-42(40)50-36(27(5)6)22-45(41)54(51)53(44)50/h11-28H,1-10H3. The second-order valence-electron chi connectivity index (χ2n) is 18.0. The molecule has 11 rings (SSSR count). The third-order valence-corrected chi connectivity index (χ3v) is 13.7. The molecular weight excluding hydrogens is 649 g/mol. The SMILES string of the molecule is Cc1c2cc3c(cc2c(C)c2c1c1cc(C(C)C)cc4ccc(C(C)C)c2c41)c1cc(C(C)C)c2c4c(cc(C(C)C)c3c41)-c1cc3ccccc3cc1-2. The van der Waals surface area contributed by atoms with Crippen molar-refractivity contribution in [3.05, 3.63) is 118 Å². The van der Waals surface area contributed by atoms with Crippen molar-refractivity contribution < 1.29 is 0 Å². The van der Waals surface area contributed by atoms with Crippen molar-refractivity contribution in [1.29, 1.82) is 0 Å². The van der Waals surface area contributed by atoms with Crippen molar-refractivity contribution in [2.75, 3.05) is 0 Å². The average molecular weight is 697 g/mol. The van der Waals surface area contributed by atoms with Gasteiger partial charge in [-0.05, 0) is 216 Å². The molecule has 0 fully saturated rings. The first-order chi connectivity index (χ1) is 25.9. The van der Waals surface area contributed by atoms with E-state index in [4.69, 9.17) is 0 Å². The van der Waals surface area contributed by atoms with Crippen LogP contribution in [0.4, 0.5) is 0 Å². The zero-order valence-electron chi connectivity index (χ0n) is 33.4. The highest BCUT2D eigenvalue weighted by Gasteiger charge is 2.32. The van der Waals surface area contributed by atoms with Crippen molar-refractivity contribution in [3.8, 4) is 22.3 Å². The molecule has 0 aromatic heterocycles. The molecule has 0 unspecified atom stereocenters. The monoisotopic (exact) mass is 696 g/mol. The summed E-state index contributed by atoms with van der Waals surface area (Å²) in [6.45, 7) is 23.8. The van der Waals surface area contributed by atoms with Crippen LogP contribution in [-0.2, 0) is 0 Å². The lowest BCUT2D eigenvalue weighted by Crippen LogP contribution is -1.94. The Morgan fingerprint density at radius 2 is 0.963 bits per heavy atom. The first-order valence-electron chi connectivity index (χ1n) is 20.4. The summed E-state index contributed by atoms with van der Waals surface area (Å²) in [5.41, 5.74) is 14.4. The summed E-state index contributed by atoms with van der Waals surface area (Å²) in [4.78, 5) is 0. The van der Waals surface area contributed by atoms with Gasteiger partial charge in [0.15, 0.2) is 0 Å². The van der Waals surface area contributed by atoms with Gasteiger partial charge in [0.1, 0.15) is 0 Å². The van der Waals surface area contributed by atoms with Crippen LogP contribution in [-0.4, -0.2) is 0 Å². The molecule has 0 nitrogen and oxygen atoms in total. The Kier molecular flexibility index (Phi) is 6.41. The summed E-state index contributed by atoms with van der Waals surface area (Å²) in [7, 11) is 0. The van der Waals surface area contributed by atoms with Crippen molar-refractivity contribution in [2.24, 2.45) is 0 Å². The molecule has 10 aromatic carbocycles. The number of benzene rings is 8. The van der Waals surface area contributed by atoms with Gasteiger partial charge in [-0.15, -0.1) is 0 Å². The van der Waals surface area contributed by atoms with E-state index >= 15 is 0 Å². The first-order valence-corrected chi connectivity index (χ1v) is 20.4. The van der Waals surface area contributed by atoms with E-state index < -0.39 is 0 Å². The van der Waals surface area contributed by atoms with E-state index in [1.807, 2.05) is 0 Å². The van der Waals surface area contributed by atoms with Crippen LogP contribution < -0.4 is 0 Å². The number of fused-ring (bicyclic) bond motifs is 11. The maximum Gasteiger partial charge on any atom is -0.00108 e. The number of aryl methyl sites for hydroxylation is 2. The fourth-order valence-electron chi connectivity index (χ4n) is 11.0. The molecule has 0 saturated carbocycles. The number of hydrogen-bond acceptors (Lipinski definition) is 0. The molecule has 1 aliphatic carbocycles. The van der Waals surface area contributed by atoms with Crippen LogP contribution in [0.2, 0.25) is 0 Å².